The van der Waals surface area contributed by atoms with Gasteiger partial charge in [-0.1, -0.05) is 36.4 Å². The Morgan fingerprint density at radius 3 is 2.58 bits per heavy atom. The number of hydrogen-bond acceptors (Lipinski definition) is 8. The standard InChI is InChI=1S/C28H32N6O6/c1-17(35)23-27(39)30-14-8-6-12-20(31-24(36)19-11-5-7-13-29-19)25(37)32-21(15-18-9-3-2-4-10-18)28-33-22(16-40-28)26(38)34-23/h2-5,7,9-11,13,16-17,20-21,23,35H,6,8,12,14-15H2,1H3,(H,30,39)(H,31,36)(H,32,37)(H,34,38)/t17-,20+,21+,23+/m1/s1. The van der Waals surface area contributed by atoms with E-state index in [9.17, 15) is 24.3 Å². The van der Waals surface area contributed by atoms with Crippen molar-refractivity contribution in [3.05, 3.63) is 83.8 Å². The molecule has 1 aliphatic heterocycles. The van der Waals surface area contributed by atoms with Gasteiger partial charge in [-0.2, -0.15) is 0 Å². The van der Waals surface area contributed by atoms with Crippen LogP contribution in [0, 0.1) is 0 Å². The van der Waals surface area contributed by atoms with Crippen molar-refractivity contribution in [2.45, 2.75) is 56.8 Å². The third-order valence-electron chi connectivity index (χ3n) is 6.44. The lowest BCUT2D eigenvalue weighted by Gasteiger charge is -2.23. The first kappa shape index (κ1) is 28.4. The van der Waals surface area contributed by atoms with Crippen molar-refractivity contribution in [2.75, 3.05) is 6.54 Å². The Balaban J connectivity index is 1.63. The second kappa shape index (κ2) is 13.5. The highest BCUT2D eigenvalue weighted by atomic mass is 16.3. The number of fused-ring (bicyclic) bond motifs is 2. The van der Waals surface area contributed by atoms with E-state index in [1.54, 1.807) is 18.2 Å². The number of aliphatic hydroxyl groups excluding tert-OH is 1. The van der Waals surface area contributed by atoms with Gasteiger partial charge in [0.05, 0.1) is 6.10 Å². The Morgan fingerprint density at radius 1 is 1.07 bits per heavy atom. The SMILES string of the molecule is C[C@@H](O)[C@@H]1NC(=O)c2coc(n2)[C@H](Cc2ccccc2)NC(=O)[C@@H](NC(=O)c2ccccn2)CCCCNC1=O. The van der Waals surface area contributed by atoms with Crippen LogP contribution in [0.5, 0.6) is 0 Å². The molecule has 210 valence electrons. The van der Waals surface area contributed by atoms with Crippen LogP contribution in [0.25, 0.3) is 0 Å². The number of rotatable bonds is 5. The molecule has 0 saturated carbocycles. The summed E-state index contributed by atoms with van der Waals surface area (Å²) in [4.78, 5) is 60.3. The summed E-state index contributed by atoms with van der Waals surface area (Å²) in [5, 5.41) is 21.0. The van der Waals surface area contributed by atoms with Crippen molar-refractivity contribution in [2.24, 2.45) is 0 Å². The van der Waals surface area contributed by atoms with Crippen molar-refractivity contribution >= 4 is 23.6 Å². The number of aromatic nitrogens is 2. The lowest BCUT2D eigenvalue weighted by Crippen LogP contribution is -2.52. The maximum atomic E-state index is 13.5. The first-order valence-electron chi connectivity index (χ1n) is 13.1. The van der Waals surface area contributed by atoms with Crippen LogP contribution in [0.2, 0.25) is 0 Å². The summed E-state index contributed by atoms with van der Waals surface area (Å²) in [6.45, 7) is 1.64. The Bertz CT molecular complexity index is 1310. The number of nitrogens with one attached hydrogen (secondary N) is 4. The van der Waals surface area contributed by atoms with Crippen molar-refractivity contribution in [1.82, 2.24) is 31.2 Å². The van der Waals surface area contributed by atoms with E-state index in [-0.39, 0.29) is 30.2 Å². The van der Waals surface area contributed by atoms with Gasteiger partial charge in [-0.25, -0.2) is 4.98 Å². The van der Waals surface area contributed by atoms with Crippen LogP contribution < -0.4 is 21.3 Å². The predicted molar refractivity (Wildman–Crippen MR) is 143 cm³/mol. The van der Waals surface area contributed by atoms with Gasteiger partial charge in [0.25, 0.3) is 11.8 Å². The van der Waals surface area contributed by atoms with Crippen LogP contribution in [0.1, 0.15) is 64.7 Å². The molecule has 0 fully saturated rings. The molecule has 2 bridgehead atoms. The lowest BCUT2D eigenvalue weighted by molar-refractivity contribution is -0.125. The summed E-state index contributed by atoms with van der Waals surface area (Å²) in [5.74, 6) is -2.16. The molecule has 1 aromatic carbocycles. The fourth-order valence-electron chi connectivity index (χ4n) is 4.29. The monoisotopic (exact) mass is 548 g/mol. The number of pyridine rings is 1. The quantitative estimate of drug-likeness (QED) is 0.314. The first-order chi connectivity index (χ1) is 19.3. The number of carbonyl (C=O) groups is 4. The number of hydrogen-bond donors (Lipinski definition) is 5. The van der Waals surface area contributed by atoms with E-state index in [1.165, 1.54) is 13.1 Å². The molecule has 40 heavy (non-hydrogen) atoms. The molecule has 12 nitrogen and oxygen atoms in total. The van der Waals surface area contributed by atoms with Gasteiger partial charge in [-0.3, -0.25) is 24.2 Å². The second-order valence-corrected chi connectivity index (χ2v) is 9.54. The van der Waals surface area contributed by atoms with Crippen LogP contribution >= 0.6 is 0 Å². The molecule has 1 aliphatic rings. The van der Waals surface area contributed by atoms with Crippen LogP contribution in [0.15, 0.2) is 65.4 Å². The lowest BCUT2D eigenvalue weighted by atomic mass is 10.0. The van der Waals surface area contributed by atoms with Gasteiger partial charge in [0.1, 0.15) is 30.1 Å². The fourth-order valence-corrected chi connectivity index (χ4v) is 4.29. The first-order valence-corrected chi connectivity index (χ1v) is 13.1. The van der Waals surface area contributed by atoms with Gasteiger partial charge in [0, 0.05) is 19.2 Å². The van der Waals surface area contributed by atoms with Crippen molar-refractivity contribution in [3.8, 4) is 0 Å². The van der Waals surface area contributed by atoms with Crippen molar-refractivity contribution in [3.63, 3.8) is 0 Å². The molecule has 4 rings (SSSR count). The number of nitrogens with zero attached hydrogens (tertiary/aromatic N) is 2. The summed E-state index contributed by atoms with van der Waals surface area (Å²) < 4.78 is 5.61. The molecule has 12 heteroatoms. The van der Waals surface area contributed by atoms with Gasteiger partial charge < -0.3 is 30.8 Å². The number of amides is 4. The molecule has 0 unspecified atom stereocenters. The van der Waals surface area contributed by atoms with Gasteiger partial charge in [0.15, 0.2) is 5.69 Å². The highest BCUT2D eigenvalue weighted by Crippen LogP contribution is 2.20. The number of aliphatic hydroxyl groups is 1. The maximum Gasteiger partial charge on any atom is 0.273 e. The molecule has 0 saturated heterocycles. The van der Waals surface area contributed by atoms with E-state index in [2.05, 4.69) is 31.2 Å². The smallest absolute Gasteiger partial charge is 0.273 e. The summed E-state index contributed by atoms with van der Waals surface area (Å²) >= 11 is 0. The molecule has 3 heterocycles. The summed E-state index contributed by atoms with van der Waals surface area (Å²) in [6, 6.07) is 11.4. The largest absolute Gasteiger partial charge is 0.446 e. The molecule has 0 radical (unpaired) electrons. The zero-order valence-electron chi connectivity index (χ0n) is 22.0. The highest BCUT2D eigenvalue weighted by molar-refractivity contribution is 5.97. The molecule has 0 aliphatic carbocycles. The van der Waals surface area contributed by atoms with E-state index in [1.807, 2.05) is 30.3 Å². The zero-order valence-corrected chi connectivity index (χ0v) is 22.0. The second-order valence-electron chi connectivity index (χ2n) is 9.54. The van der Waals surface area contributed by atoms with Crippen molar-refractivity contribution < 1.29 is 28.7 Å². The van der Waals surface area contributed by atoms with E-state index in [0.717, 1.165) is 11.8 Å². The van der Waals surface area contributed by atoms with Crippen molar-refractivity contribution in [1.29, 1.82) is 0 Å². The number of carbonyl (C=O) groups excluding carboxylic acids is 4. The predicted octanol–water partition coefficient (Wildman–Crippen LogP) is 1.05. The maximum absolute atomic E-state index is 13.5. The van der Waals surface area contributed by atoms with E-state index in [0.29, 0.717) is 19.3 Å². The van der Waals surface area contributed by atoms with E-state index < -0.39 is 47.9 Å². The van der Waals surface area contributed by atoms with Crippen LogP contribution in [0.4, 0.5) is 0 Å². The molecule has 3 aromatic rings. The highest BCUT2D eigenvalue weighted by Gasteiger charge is 2.30. The van der Waals surface area contributed by atoms with Gasteiger partial charge >= 0.3 is 0 Å². The van der Waals surface area contributed by atoms with Crippen LogP contribution in [-0.2, 0) is 16.0 Å². The molecule has 0 spiro atoms. The molecule has 4 amide bonds. The minimum Gasteiger partial charge on any atom is -0.446 e. The third kappa shape index (κ3) is 7.50. The van der Waals surface area contributed by atoms with Crippen LogP contribution in [0.3, 0.4) is 0 Å². The van der Waals surface area contributed by atoms with E-state index >= 15 is 0 Å². The Kier molecular flexibility index (Phi) is 9.57. The zero-order chi connectivity index (χ0) is 28.5. The summed E-state index contributed by atoms with van der Waals surface area (Å²) in [6.07, 6.45) is 3.02. The topological polar surface area (TPSA) is 176 Å². The average molecular weight is 549 g/mol. The third-order valence-corrected chi connectivity index (χ3v) is 6.44. The van der Waals surface area contributed by atoms with Gasteiger partial charge in [-0.15, -0.1) is 0 Å². The summed E-state index contributed by atoms with van der Waals surface area (Å²) in [5.41, 5.74) is 0.933. The number of benzene rings is 1. The Morgan fingerprint density at radius 2 is 1.85 bits per heavy atom. The molecular formula is C28H32N6O6. The molecule has 4 atom stereocenters. The average Bonchev–Trinajstić information content (AvgIpc) is 3.45. The van der Waals surface area contributed by atoms with Crippen LogP contribution in [-0.4, -0.2) is 63.4 Å². The van der Waals surface area contributed by atoms with E-state index in [4.69, 9.17) is 4.42 Å². The minimum atomic E-state index is -1.20. The number of oxazole rings is 1. The van der Waals surface area contributed by atoms with Gasteiger partial charge in [0.2, 0.25) is 17.7 Å². The Hall–Kier alpha value is -4.58. The normalized spacial score (nSPS) is 21.4. The van der Waals surface area contributed by atoms with Gasteiger partial charge in [-0.05, 0) is 43.9 Å². The molecule has 2 aromatic heterocycles. The molecular weight excluding hydrogens is 516 g/mol. The fraction of sp³-hybridized carbons (Fsp3) is 0.357. The molecule has 5 N–H and O–H groups in total. The summed E-state index contributed by atoms with van der Waals surface area (Å²) in [7, 11) is 0. The Labute approximate surface area is 231 Å². The minimum absolute atomic E-state index is 0.0716.